The fourth-order valence-corrected chi connectivity index (χ4v) is 5.33. The van der Waals surface area contributed by atoms with Gasteiger partial charge in [0.05, 0.1) is 10.8 Å². The second-order valence-corrected chi connectivity index (χ2v) is 8.99. The summed E-state index contributed by atoms with van der Waals surface area (Å²) in [5.74, 6) is -0.965. The molecule has 0 aliphatic heterocycles. The zero-order valence-corrected chi connectivity index (χ0v) is 17.2. The van der Waals surface area contributed by atoms with Crippen LogP contribution in [0, 0.1) is 13.8 Å². The first kappa shape index (κ1) is 19.3. The van der Waals surface area contributed by atoms with Crippen molar-refractivity contribution < 1.29 is 13.2 Å². The zero-order chi connectivity index (χ0) is 20.6. The van der Waals surface area contributed by atoms with Crippen LogP contribution in [-0.4, -0.2) is 19.3 Å². The van der Waals surface area contributed by atoms with Gasteiger partial charge in [0.25, 0.3) is 10.0 Å². The quantitative estimate of drug-likeness (QED) is 0.713. The molecule has 3 aromatic rings. The molecule has 1 aliphatic carbocycles. The van der Waals surface area contributed by atoms with Crippen LogP contribution >= 0.6 is 0 Å². The van der Waals surface area contributed by atoms with E-state index in [0.29, 0.717) is 12.0 Å². The molecule has 1 aliphatic rings. The second kappa shape index (κ2) is 7.44. The largest absolute Gasteiger partial charge is 0.273 e. The molecule has 0 fully saturated rings. The number of amides is 1. The van der Waals surface area contributed by atoms with E-state index >= 15 is 0 Å². The third-order valence-corrected chi connectivity index (χ3v) is 7.01. The van der Waals surface area contributed by atoms with E-state index in [1.807, 2.05) is 37.3 Å². The van der Waals surface area contributed by atoms with Crippen molar-refractivity contribution in [2.75, 3.05) is 0 Å². The summed E-state index contributed by atoms with van der Waals surface area (Å²) in [5, 5.41) is 0. The standard InChI is InChI=1S/C23H22N2O3S/c1-15-7-3-4-11-22(15)29(27,28)25-23(26)21-13-12-20-18(8-5-9-19(20)21)17-10-6-14-24-16(17)2/h3-11,14,21H,12-13H2,1-2H3,(H,25,26). The summed E-state index contributed by atoms with van der Waals surface area (Å²) in [7, 11) is -3.91. The lowest BCUT2D eigenvalue weighted by Crippen LogP contribution is -2.34. The van der Waals surface area contributed by atoms with E-state index in [2.05, 4.69) is 9.71 Å². The van der Waals surface area contributed by atoms with Crippen LogP contribution in [0.2, 0.25) is 0 Å². The molecule has 1 aromatic heterocycles. The highest BCUT2D eigenvalue weighted by Gasteiger charge is 2.33. The van der Waals surface area contributed by atoms with Crippen LogP contribution in [0.3, 0.4) is 0 Å². The third-order valence-electron chi connectivity index (χ3n) is 5.50. The van der Waals surface area contributed by atoms with Gasteiger partial charge in [0.1, 0.15) is 0 Å². The maximum absolute atomic E-state index is 12.9. The van der Waals surface area contributed by atoms with Crippen LogP contribution in [0.5, 0.6) is 0 Å². The number of nitrogens with zero attached hydrogens (tertiary/aromatic N) is 1. The van der Waals surface area contributed by atoms with Gasteiger partial charge in [-0.25, -0.2) is 13.1 Å². The van der Waals surface area contributed by atoms with E-state index in [9.17, 15) is 13.2 Å². The molecule has 4 rings (SSSR count). The van der Waals surface area contributed by atoms with Crippen molar-refractivity contribution in [3.8, 4) is 11.1 Å². The van der Waals surface area contributed by atoms with Gasteiger partial charge in [0.15, 0.2) is 0 Å². The highest BCUT2D eigenvalue weighted by Crippen LogP contribution is 2.39. The summed E-state index contributed by atoms with van der Waals surface area (Å²) in [4.78, 5) is 17.4. The molecule has 6 heteroatoms. The molecule has 1 unspecified atom stereocenters. The minimum atomic E-state index is -3.91. The number of carbonyl (C=O) groups excluding carboxylic acids is 1. The minimum absolute atomic E-state index is 0.131. The third kappa shape index (κ3) is 3.56. The van der Waals surface area contributed by atoms with E-state index < -0.39 is 21.8 Å². The van der Waals surface area contributed by atoms with Gasteiger partial charge >= 0.3 is 0 Å². The molecular weight excluding hydrogens is 384 g/mol. The van der Waals surface area contributed by atoms with Crippen molar-refractivity contribution in [3.05, 3.63) is 83.2 Å². The number of carbonyl (C=O) groups is 1. The fourth-order valence-electron chi connectivity index (χ4n) is 4.06. The molecule has 2 aromatic carbocycles. The Morgan fingerprint density at radius 3 is 2.52 bits per heavy atom. The second-order valence-electron chi connectivity index (χ2n) is 7.34. The summed E-state index contributed by atoms with van der Waals surface area (Å²) in [6, 6.07) is 16.4. The normalized spacial score (nSPS) is 15.7. The van der Waals surface area contributed by atoms with Gasteiger partial charge in [0.2, 0.25) is 5.91 Å². The van der Waals surface area contributed by atoms with Gasteiger partial charge in [-0.05, 0) is 61.1 Å². The maximum Gasteiger partial charge on any atom is 0.264 e. The Kier molecular flexibility index (Phi) is 4.96. The Hall–Kier alpha value is -2.99. The number of fused-ring (bicyclic) bond motifs is 1. The van der Waals surface area contributed by atoms with Crippen LogP contribution < -0.4 is 4.72 Å². The van der Waals surface area contributed by atoms with E-state index in [4.69, 9.17) is 0 Å². The van der Waals surface area contributed by atoms with Crippen LogP contribution in [0.4, 0.5) is 0 Å². The predicted molar refractivity (Wildman–Crippen MR) is 112 cm³/mol. The summed E-state index contributed by atoms with van der Waals surface area (Å²) in [6.07, 6.45) is 3.07. The first-order chi connectivity index (χ1) is 13.9. The molecule has 5 nitrogen and oxygen atoms in total. The number of benzene rings is 2. The van der Waals surface area contributed by atoms with Crippen molar-refractivity contribution in [2.45, 2.75) is 37.5 Å². The SMILES string of the molecule is Cc1ccccc1S(=O)(=O)NC(=O)C1CCc2c(-c3cccnc3C)cccc21. The summed E-state index contributed by atoms with van der Waals surface area (Å²) in [6.45, 7) is 3.68. The Balaban J connectivity index is 1.65. The monoisotopic (exact) mass is 406 g/mol. The molecule has 0 bridgehead atoms. The lowest BCUT2D eigenvalue weighted by atomic mass is 9.94. The van der Waals surface area contributed by atoms with Crippen molar-refractivity contribution in [1.29, 1.82) is 0 Å². The van der Waals surface area contributed by atoms with Gasteiger partial charge in [0, 0.05) is 17.5 Å². The average Bonchev–Trinajstić information content (AvgIpc) is 3.13. The minimum Gasteiger partial charge on any atom is -0.273 e. The Morgan fingerprint density at radius 1 is 1.00 bits per heavy atom. The summed E-state index contributed by atoms with van der Waals surface area (Å²) < 4.78 is 27.7. The lowest BCUT2D eigenvalue weighted by molar-refractivity contribution is -0.120. The molecule has 0 saturated carbocycles. The fraction of sp³-hybridized carbons (Fsp3) is 0.217. The highest BCUT2D eigenvalue weighted by molar-refractivity contribution is 7.90. The molecule has 1 amide bonds. The van der Waals surface area contributed by atoms with Crippen LogP contribution in [-0.2, 0) is 21.2 Å². The van der Waals surface area contributed by atoms with Gasteiger partial charge in [-0.1, -0.05) is 42.5 Å². The number of pyridine rings is 1. The van der Waals surface area contributed by atoms with E-state index in [1.54, 1.807) is 31.3 Å². The van der Waals surface area contributed by atoms with Gasteiger partial charge in [-0.2, -0.15) is 0 Å². The Morgan fingerprint density at radius 2 is 1.76 bits per heavy atom. The van der Waals surface area contributed by atoms with Gasteiger partial charge in [-0.3, -0.25) is 9.78 Å². The van der Waals surface area contributed by atoms with Gasteiger partial charge in [-0.15, -0.1) is 0 Å². The van der Waals surface area contributed by atoms with Crippen LogP contribution in [0.1, 0.15) is 34.7 Å². The van der Waals surface area contributed by atoms with E-state index in [1.165, 1.54) is 6.07 Å². The smallest absolute Gasteiger partial charge is 0.264 e. The van der Waals surface area contributed by atoms with Crippen molar-refractivity contribution in [1.82, 2.24) is 9.71 Å². The van der Waals surface area contributed by atoms with Crippen molar-refractivity contribution in [2.24, 2.45) is 0 Å². The Bertz CT molecular complexity index is 1200. The first-order valence-electron chi connectivity index (χ1n) is 9.54. The number of nitrogens with one attached hydrogen (secondary N) is 1. The topological polar surface area (TPSA) is 76.1 Å². The summed E-state index contributed by atoms with van der Waals surface area (Å²) >= 11 is 0. The molecule has 148 valence electrons. The molecule has 0 saturated heterocycles. The maximum atomic E-state index is 12.9. The first-order valence-corrected chi connectivity index (χ1v) is 11.0. The van der Waals surface area contributed by atoms with Crippen molar-refractivity contribution >= 4 is 15.9 Å². The van der Waals surface area contributed by atoms with Crippen LogP contribution in [0.15, 0.2) is 65.7 Å². The Labute approximate surface area is 170 Å². The van der Waals surface area contributed by atoms with E-state index in [0.717, 1.165) is 34.4 Å². The summed E-state index contributed by atoms with van der Waals surface area (Å²) in [5.41, 5.74) is 5.62. The van der Waals surface area contributed by atoms with Crippen molar-refractivity contribution in [3.63, 3.8) is 0 Å². The molecule has 0 spiro atoms. The molecule has 1 N–H and O–H groups in total. The average molecular weight is 407 g/mol. The lowest BCUT2D eigenvalue weighted by Gasteiger charge is -2.15. The molecule has 0 radical (unpaired) electrons. The highest BCUT2D eigenvalue weighted by atomic mass is 32.2. The number of hydrogen-bond acceptors (Lipinski definition) is 4. The van der Waals surface area contributed by atoms with E-state index in [-0.39, 0.29) is 4.90 Å². The van der Waals surface area contributed by atoms with Gasteiger partial charge < -0.3 is 0 Å². The molecule has 1 atom stereocenters. The zero-order valence-electron chi connectivity index (χ0n) is 16.3. The number of aromatic nitrogens is 1. The molecular formula is C23H22N2O3S. The predicted octanol–water partition coefficient (Wildman–Crippen LogP) is 3.90. The number of hydrogen-bond donors (Lipinski definition) is 1. The van der Waals surface area contributed by atoms with Crippen LogP contribution in [0.25, 0.3) is 11.1 Å². The molecule has 29 heavy (non-hydrogen) atoms. The number of aryl methyl sites for hydroxylation is 2. The number of sulfonamides is 1. The number of rotatable bonds is 4. The molecule has 1 heterocycles.